The van der Waals surface area contributed by atoms with Crippen molar-refractivity contribution in [2.24, 2.45) is 11.8 Å². The lowest BCUT2D eigenvalue weighted by atomic mass is 10.0. The standard InChI is InChI=1S/C12H16N2O3/c15-12(16)11-2-1-10(17-11)7-14-5-8-3-13-4-9(8)6-14/h1-2,8-9,13H,3-7H2,(H,15,16)/t8-,9+. The molecule has 2 fully saturated rings. The summed E-state index contributed by atoms with van der Waals surface area (Å²) in [5.41, 5.74) is 0. The Kier molecular flexibility index (Phi) is 2.64. The molecule has 0 radical (unpaired) electrons. The largest absolute Gasteiger partial charge is 0.475 e. The lowest BCUT2D eigenvalue weighted by Crippen LogP contribution is -2.25. The molecule has 5 heteroatoms. The van der Waals surface area contributed by atoms with Crippen molar-refractivity contribution < 1.29 is 14.3 Å². The molecule has 0 aromatic carbocycles. The van der Waals surface area contributed by atoms with E-state index < -0.39 is 5.97 Å². The summed E-state index contributed by atoms with van der Waals surface area (Å²) in [6, 6.07) is 3.28. The van der Waals surface area contributed by atoms with Crippen LogP contribution in [0.5, 0.6) is 0 Å². The van der Waals surface area contributed by atoms with Gasteiger partial charge >= 0.3 is 5.97 Å². The Bertz CT molecular complexity index is 417. The third-order valence-electron chi connectivity index (χ3n) is 3.72. The number of nitrogens with one attached hydrogen (secondary N) is 1. The number of furan rings is 1. The first-order chi connectivity index (χ1) is 8.22. The minimum Gasteiger partial charge on any atom is -0.475 e. The van der Waals surface area contributed by atoms with E-state index >= 15 is 0 Å². The number of likely N-dealkylation sites (tertiary alicyclic amines) is 1. The zero-order valence-corrected chi connectivity index (χ0v) is 9.56. The maximum Gasteiger partial charge on any atom is 0.371 e. The second-order valence-corrected chi connectivity index (χ2v) is 4.94. The fourth-order valence-electron chi connectivity index (χ4n) is 2.88. The number of rotatable bonds is 3. The summed E-state index contributed by atoms with van der Waals surface area (Å²) >= 11 is 0. The van der Waals surface area contributed by atoms with E-state index in [2.05, 4.69) is 10.2 Å². The Hall–Kier alpha value is -1.33. The van der Waals surface area contributed by atoms with Gasteiger partial charge in [-0.1, -0.05) is 0 Å². The van der Waals surface area contributed by atoms with Crippen molar-refractivity contribution in [1.82, 2.24) is 10.2 Å². The molecule has 17 heavy (non-hydrogen) atoms. The van der Waals surface area contributed by atoms with E-state index in [1.807, 2.05) is 0 Å². The maximum absolute atomic E-state index is 10.7. The summed E-state index contributed by atoms with van der Waals surface area (Å²) in [4.78, 5) is 13.0. The smallest absolute Gasteiger partial charge is 0.371 e. The van der Waals surface area contributed by atoms with Crippen molar-refractivity contribution in [3.63, 3.8) is 0 Å². The summed E-state index contributed by atoms with van der Waals surface area (Å²) in [5, 5.41) is 12.2. The molecule has 0 aliphatic carbocycles. The third-order valence-corrected chi connectivity index (χ3v) is 3.72. The van der Waals surface area contributed by atoms with Crippen LogP contribution >= 0.6 is 0 Å². The predicted molar refractivity (Wildman–Crippen MR) is 60.8 cm³/mol. The highest BCUT2D eigenvalue weighted by molar-refractivity contribution is 5.84. The molecule has 3 heterocycles. The van der Waals surface area contributed by atoms with Crippen LogP contribution in [0.1, 0.15) is 16.3 Å². The quantitative estimate of drug-likeness (QED) is 0.805. The van der Waals surface area contributed by atoms with Crippen LogP contribution in [-0.2, 0) is 6.54 Å². The summed E-state index contributed by atoms with van der Waals surface area (Å²) in [5.74, 6) is 1.28. The highest BCUT2D eigenvalue weighted by Crippen LogP contribution is 2.27. The number of nitrogens with zero attached hydrogens (tertiary/aromatic N) is 1. The van der Waals surface area contributed by atoms with E-state index in [0.29, 0.717) is 0 Å². The number of aromatic carboxylic acids is 1. The van der Waals surface area contributed by atoms with Gasteiger partial charge in [0.05, 0.1) is 6.54 Å². The normalized spacial score (nSPS) is 28.5. The molecule has 0 unspecified atom stereocenters. The SMILES string of the molecule is O=C(O)c1ccc(CN2C[C@H]3CNC[C@H]3C2)o1. The Morgan fingerprint density at radius 1 is 1.41 bits per heavy atom. The molecule has 0 amide bonds. The van der Waals surface area contributed by atoms with Crippen molar-refractivity contribution in [1.29, 1.82) is 0 Å². The number of fused-ring (bicyclic) bond motifs is 1. The molecule has 2 N–H and O–H groups in total. The van der Waals surface area contributed by atoms with Gasteiger partial charge in [-0.25, -0.2) is 4.79 Å². The first-order valence-electron chi connectivity index (χ1n) is 5.97. The van der Waals surface area contributed by atoms with Gasteiger partial charge in [-0.15, -0.1) is 0 Å². The van der Waals surface area contributed by atoms with Gasteiger partial charge in [-0.3, -0.25) is 4.90 Å². The highest BCUT2D eigenvalue weighted by Gasteiger charge is 2.36. The van der Waals surface area contributed by atoms with Gasteiger partial charge in [-0.05, 0) is 37.1 Å². The summed E-state index contributed by atoms with van der Waals surface area (Å²) < 4.78 is 5.27. The molecule has 2 aliphatic rings. The maximum atomic E-state index is 10.7. The van der Waals surface area contributed by atoms with Crippen LogP contribution in [0.3, 0.4) is 0 Å². The van der Waals surface area contributed by atoms with Gasteiger partial charge in [0.25, 0.3) is 0 Å². The Balaban J connectivity index is 1.61. The van der Waals surface area contributed by atoms with Crippen LogP contribution in [-0.4, -0.2) is 42.2 Å². The molecule has 2 atom stereocenters. The molecule has 0 bridgehead atoms. The number of hydrogen-bond donors (Lipinski definition) is 2. The molecular formula is C12H16N2O3. The lowest BCUT2D eigenvalue weighted by Gasteiger charge is -2.14. The molecule has 2 saturated heterocycles. The van der Waals surface area contributed by atoms with Crippen LogP contribution < -0.4 is 5.32 Å². The minimum absolute atomic E-state index is 0.0288. The van der Waals surface area contributed by atoms with Crippen molar-refractivity contribution in [3.05, 3.63) is 23.7 Å². The molecule has 0 saturated carbocycles. The van der Waals surface area contributed by atoms with E-state index in [4.69, 9.17) is 9.52 Å². The fourth-order valence-corrected chi connectivity index (χ4v) is 2.88. The summed E-state index contributed by atoms with van der Waals surface area (Å²) in [6.45, 7) is 5.11. The molecule has 92 valence electrons. The molecule has 2 aliphatic heterocycles. The zero-order valence-electron chi connectivity index (χ0n) is 9.56. The summed E-state index contributed by atoms with van der Waals surface area (Å²) in [7, 11) is 0. The van der Waals surface area contributed by atoms with Crippen molar-refractivity contribution >= 4 is 5.97 Å². The van der Waals surface area contributed by atoms with Crippen LogP contribution in [0.4, 0.5) is 0 Å². The molecular weight excluding hydrogens is 220 g/mol. The van der Waals surface area contributed by atoms with Crippen LogP contribution in [0, 0.1) is 11.8 Å². The first-order valence-corrected chi connectivity index (χ1v) is 5.97. The van der Waals surface area contributed by atoms with Gasteiger partial charge < -0.3 is 14.8 Å². The van der Waals surface area contributed by atoms with Crippen molar-refractivity contribution in [2.45, 2.75) is 6.54 Å². The monoisotopic (exact) mass is 236 g/mol. The lowest BCUT2D eigenvalue weighted by molar-refractivity contribution is 0.0658. The second-order valence-electron chi connectivity index (χ2n) is 4.94. The van der Waals surface area contributed by atoms with E-state index in [1.165, 1.54) is 6.07 Å². The number of hydrogen-bond acceptors (Lipinski definition) is 4. The number of carbonyl (C=O) groups is 1. The third kappa shape index (κ3) is 2.08. The summed E-state index contributed by atoms with van der Waals surface area (Å²) in [6.07, 6.45) is 0. The average molecular weight is 236 g/mol. The van der Waals surface area contributed by atoms with Gasteiger partial charge in [0, 0.05) is 13.1 Å². The van der Waals surface area contributed by atoms with E-state index in [-0.39, 0.29) is 5.76 Å². The van der Waals surface area contributed by atoms with Gasteiger partial charge in [0.15, 0.2) is 0 Å². The second kappa shape index (κ2) is 4.16. The van der Waals surface area contributed by atoms with E-state index in [9.17, 15) is 4.79 Å². The number of carboxylic acid groups (broad SMARTS) is 1. The zero-order chi connectivity index (χ0) is 11.8. The topological polar surface area (TPSA) is 65.7 Å². The van der Waals surface area contributed by atoms with Crippen molar-refractivity contribution in [3.8, 4) is 0 Å². The van der Waals surface area contributed by atoms with Crippen molar-refractivity contribution in [2.75, 3.05) is 26.2 Å². The molecule has 5 nitrogen and oxygen atoms in total. The first kappa shape index (κ1) is 10.8. The van der Waals surface area contributed by atoms with E-state index in [0.717, 1.165) is 50.3 Å². The molecule has 3 rings (SSSR count). The molecule has 1 aromatic heterocycles. The van der Waals surface area contributed by atoms with Gasteiger partial charge in [0.1, 0.15) is 5.76 Å². The fraction of sp³-hybridized carbons (Fsp3) is 0.583. The highest BCUT2D eigenvalue weighted by atomic mass is 16.4. The Morgan fingerprint density at radius 2 is 2.12 bits per heavy atom. The minimum atomic E-state index is -1.00. The van der Waals surface area contributed by atoms with Crippen LogP contribution in [0.15, 0.2) is 16.5 Å². The van der Waals surface area contributed by atoms with Crippen LogP contribution in [0.25, 0.3) is 0 Å². The Morgan fingerprint density at radius 3 is 2.71 bits per heavy atom. The molecule has 1 aromatic rings. The van der Waals surface area contributed by atoms with Crippen LogP contribution in [0.2, 0.25) is 0 Å². The average Bonchev–Trinajstić information content (AvgIpc) is 2.91. The van der Waals surface area contributed by atoms with Gasteiger partial charge in [0.2, 0.25) is 5.76 Å². The number of carboxylic acids is 1. The predicted octanol–water partition coefficient (Wildman–Crippen LogP) is 0.629. The Labute approximate surface area is 99.4 Å². The van der Waals surface area contributed by atoms with Gasteiger partial charge in [-0.2, -0.15) is 0 Å². The molecule has 0 spiro atoms. The van der Waals surface area contributed by atoms with E-state index in [1.54, 1.807) is 6.07 Å².